The van der Waals surface area contributed by atoms with Crippen LogP contribution in [0.15, 0.2) is 28.7 Å². The Bertz CT molecular complexity index is 462. The number of ether oxygens (including phenoxy) is 1. The summed E-state index contributed by atoms with van der Waals surface area (Å²) in [6, 6.07) is 7.80. The molecule has 0 saturated heterocycles. The topological polar surface area (TPSA) is 72.0 Å². The molecule has 0 bridgehead atoms. The molecule has 110 valence electrons. The SMILES string of the molecule is CC[C@H]([NH2+][C@H](C)C(=O)NC(=O)OC)c1ccc(Br)cc1. The highest BCUT2D eigenvalue weighted by molar-refractivity contribution is 9.10. The number of amides is 2. The van der Waals surface area contributed by atoms with Crippen molar-refractivity contribution < 1.29 is 19.6 Å². The van der Waals surface area contributed by atoms with E-state index >= 15 is 0 Å². The van der Waals surface area contributed by atoms with Gasteiger partial charge in [0.25, 0.3) is 5.91 Å². The van der Waals surface area contributed by atoms with E-state index in [1.165, 1.54) is 7.11 Å². The molecule has 5 nitrogen and oxygen atoms in total. The van der Waals surface area contributed by atoms with Crippen LogP contribution < -0.4 is 10.6 Å². The average Bonchev–Trinajstić information content (AvgIpc) is 2.45. The molecule has 1 aromatic carbocycles. The van der Waals surface area contributed by atoms with E-state index in [2.05, 4.69) is 32.9 Å². The van der Waals surface area contributed by atoms with Crippen molar-refractivity contribution in [3.05, 3.63) is 34.3 Å². The molecular weight excluding hydrogens is 324 g/mol. The summed E-state index contributed by atoms with van der Waals surface area (Å²) in [6.45, 7) is 3.83. The van der Waals surface area contributed by atoms with E-state index in [9.17, 15) is 9.59 Å². The lowest BCUT2D eigenvalue weighted by molar-refractivity contribution is -0.713. The van der Waals surface area contributed by atoms with E-state index in [1.807, 2.05) is 29.6 Å². The van der Waals surface area contributed by atoms with E-state index in [1.54, 1.807) is 6.92 Å². The molecule has 0 aromatic heterocycles. The van der Waals surface area contributed by atoms with Crippen molar-refractivity contribution in [1.29, 1.82) is 0 Å². The maximum absolute atomic E-state index is 11.8. The maximum atomic E-state index is 11.8. The largest absolute Gasteiger partial charge is 0.453 e. The lowest BCUT2D eigenvalue weighted by Crippen LogP contribution is -2.92. The summed E-state index contributed by atoms with van der Waals surface area (Å²) < 4.78 is 5.43. The Morgan fingerprint density at radius 2 is 1.95 bits per heavy atom. The first kappa shape index (κ1) is 16.7. The summed E-state index contributed by atoms with van der Waals surface area (Å²) >= 11 is 3.40. The van der Waals surface area contributed by atoms with Gasteiger partial charge in [-0.25, -0.2) is 4.79 Å². The highest BCUT2D eigenvalue weighted by Crippen LogP contribution is 2.16. The third-order valence-electron chi connectivity index (χ3n) is 3.08. The number of carbonyl (C=O) groups is 2. The number of hydrogen-bond donors (Lipinski definition) is 2. The molecule has 0 unspecified atom stereocenters. The van der Waals surface area contributed by atoms with Gasteiger partial charge in [-0.3, -0.25) is 10.1 Å². The highest BCUT2D eigenvalue weighted by atomic mass is 79.9. The summed E-state index contributed by atoms with van der Waals surface area (Å²) in [7, 11) is 1.23. The normalized spacial score (nSPS) is 13.4. The molecule has 3 N–H and O–H groups in total. The Hall–Kier alpha value is -1.40. The van der Waals surface area contributed by atoms with Gasteiger partial charge in [-0.2, -0.15) is 0 Å². The molecule has 0 aliphatic carbocycles. The van der Waals surface area contributed by atoms with Gasteiger partial charge in [-0.05, 0) is 19.1 Å². The summed E-state index contributed by atoms with van der Waals surface area (Å²) in [5.74, 6) is -0.354. The van der Waals surface area contributed by atoms with Gasteiger partial charge in [0.1, 0.15) is 6.04 Å². The molecule has 2 amide bonds. The van der Waals surface area contributed by atoms with Crippen molar-refractivity contribution in [3.8, 4) is 0 Å². The number of carbonyl (C=O) groups excluding carboxylic acids is 2. The molecule has 0 saturated carbocycles. The first-order valence-electron chi connectivity index (χ1n) is 6.47. The second-order valence-corrected chi connectivity index (χ2v) is 5.44. The summed E-state index contributed by atoms with van der Waals surface area (Å²) in [6.07, 6.45) is 0.157. The molecule has 0 radical (unpaired) electrons. The van der Waals surface area contributed by atoms with Crippen molar-refractivity contribution in [2.75, 3.05) is 7.11 Å². The zero-order valence-corrected chi connectivity index (χ0v) is 13.4. The number of imide groups is 1. The smallest absolute Gasteiger partial charge is 0.413 e. The third kappa shape index (κ3) is 4.94. The Kier molecular flexibility index (Phi) is 6.67. The minimum absolute atomic E-state index is 0.168. The molecule has 20 heavy (non-hydrogen) atoms. The molecule has 1 aromatic rings. The second kappa shape index (κ2) is 8.01. The Balaban J connectivity index is 2.66. The third-order valence-corrected chi connectivity index (χ3v) is 3.61. The number of nitrogens with two attached hydrogens (primary N) is 1. The molecule has 1 rings (SSSR count). The van der Waals surface area contributed by atoms with Gasteiger partial charge < -0.3 is 10.1 Å². The summed E-state index contributed by atoms with van der Waals surface area (Å²) in [5, 5.41) is 4.13. The summed E-state index contributed by atoms with van der Waals surface area (Å²) in [5.41, 5.74) is 1.15. The quantitative estimate of drug-likeness (QED) is 0.855. The van der Waals surface area contributed by atoms with E-state index in [-0.39, 0.29) is 18.0 Å². The second-order valence-electron chi connectivity index (χ2n) is 4.53. The van der Waals surface area contributed by atoms with Crippen LogP contribution in [0, 0.1) is 0 Å². The zero-order chi connectivity index (χ0) is 15.1. The Morgan fingerprint density at radius 1 is 1.35 bits per heavy atom. The van der Waals surface area contributed by atoms with Crippen molar-refractivity contribution in [3.63, 3.8) is 0 Å². The monoisotopic (exact) mass is 343 g/mol. The number of halogens is 1. The first-order chi connectivity index (χ1) is 9.47. The van der Waals surface area contributed by atoms with Crippen LogP contribution >= 0.6 is 15.9 Å². The maximum Gasteiger partial charge on any atom is 0.413 e. The van der Waals surface area contributed by atoms with Gasteiger partial charge in [0.05, 0.1) is 7.11 Å². The van der Waals surface area contributed by atoms with Crippen LogP contribution in [0.5, 0.6) is 0 Å². The Labute approximate surface area is 127 Å². The predicted octanol–water partition coefficient (Wildman–Crippen LogP) is 1.73. The fourth-order valence-corrected chi connectivity index (χ4v) is 2.16. The minimum atomic E-state index is -0.730. The van der Waals surface area contributed by atoms with Crippen LogP contribution in [0.3, 0.4) is 0 Å². The van der Waals surface area contributed by atoms with Gasteiger partial charge in [-0.15, -0.1) is 0 Å². The van der Waals surface area contributed by atoms with E-state index < -0.39 is 6.09 Å². The Morgan fingerprint density at radius 3 is 2.45 bits per heavy atom. The first-order valence-corrected chi connectivity index (χ1v) is 7.26. The van der Waals surface area contributed by atoms with Gasteiger partial charge >= 0.3 is 6.09 Å². The van der Waals surface area contributed by atoms with Crippen molar-refractivity contribution in [1.82, 2.24) is 5.32 Å². The molecule has 0 spiro atoms. The number of quaternary nitrogens is 1. The molecular formula is C14H20BrN2O3+. The number of hydrogen-bond acceptors (Lipinski definition) is 3. The lowest BCUT2D eigenvalue weighted by Gasteiger charge is -2.18. The van der Waals surface area contributed by atoms with E-state index in [4.69, 9.17) is 0 Å². The zero-order valence-electron chi connectivity index (χ0n) is 11.9. The van der Waals surface area contributed by atoms with Gasteiger partial charge in [0, 0.05) is 16.5 Å². The molecule has 0 heterocycles. The van der Waals surface area contributed by atoms with E-state index in [0.29, 0.717) is 0 Å². The van der Waals surface area contributed by atoms with E-state index in [0.717, 1.165) is 16.5 Å². The molecule has 0 aliphatic rings. The van der Waals surface area contributed by atoms with Crippen LogP contribution in [0.25, 0.3) is 0 Å². The number of rotatable bonds is 5. The fraction of sp³-hybridized carbons (Fsp3) is 0.429. The molecule has 6 heteroatoms. The van der Waals surface area contributed by atoms with Gasteiger partial charge in [0.2, 0.25) is 0 Å². The molecule has 0 fully saturated rings. The predicted molar refractivity (Wildman–Crippen MR) is 79.1 cm³/mol. The minimum Gasteiger partial charge on any atom is -0.453 e. The number of methoxy groups -OCH3 is 1. The van der Waals surface area contributed by atoms with Crippen LogP contribution in [-0.2, 0) is 9.53 Å². The number of alkyl carbamates (subject to hydrolysis) is 1. The van der Waals surface area contributed by atoms with Crippen LogP contribution in [0.1, 0.15) is 31.9 Å². The van der Waals surface area contributed by atoms with Crippen LogP contribution in [-0.4, -0.2) is 25.2 Å². The lowest BCUT2D eigenvalue weighted by atomic mass is 10.0. The standard InChI is InChI=1S/C14H19BrN2O3/c1-4-12(10-5-7-11(15)8-6-10)16-9(2)13(18)17-14(19)20-3/h5-9,12,16H,4H2,1-3H3,(H,17,18,19)/p+1/t9-,12+/m1/s1. The van der Waals surface area contributed by atoms with Crippen molar-refractivity contribution in [2.45, 2.75) is 32.4 Å². The number of nitrogens with one attached hydrogen (secondary N) is 1. The summed E-state index contributed by atoms with van der Waals surface area (Å²) in [4.78, 5) is 22.8. The van der Waals surface area contributed by atoms with Gasteiger partial charge in [-0.1, -0.05) is 35.0 Å². The number of benzene rings is 1. The molecule has 2 atom stereocenters. The fourth-order valence-electron chi connectivity index (χ4n) is 1.89. The van der Waals surface area contributed by atoms with Crippen molar-refractivity contribution >= 4 is 27.9 Å². The van der Waals surface area contributed by atoms with Crippen LogP contribution in [0.4, 0.5) is 4.79 Å². The van der Waals surface area contributed by atoms with Crippen molar-refractivity contribution in [2.24, 2.45) is 0 Å². The molecule has 0 aliphatic heterocycles. The highest BCUT2D eigenvalue weighted by Gasteiger charge is 2.23. The average molecular weight is 344 g/mol. The van der Waals surface area contributed by atoms with Gasteiger partial charge in [0.15, 0.2) is 6.04 Å². The van der Waals surface area contributed by atoms with Crippen LogP contribution in [0.2, 0.25) is 0 Å².